The van der Waals surface area contributed by atoms with Gasteiger partial charge >= 0.3 is 5.97 Å². The van der Waals surface area contributed by atoms with Crippen molar-refractivity contribution < 1.29 is 18.4 Å². The Morgan fingerprint density at radius 1 is 1.00 bits per heavy atom. The van der Waals surface area contributed by atoms with Gasteiger partial charge < -0.3 is 13.6 Å². The number of benzene rings is 2. The van der Waals surface area contributed by atoms with E-state index in [2.05, 4.69) is 0 Å². The van der Waals surface area contributed by atoms with Gasteiger partial charge in [-0.2, -0.15) is 0 Å². The molecule has 0 bridgehead atoms. The molecule has 128 valence electrons. The third-order valence-electron chi connectivity index (χ3n) is 3.76. The molecule has 26 heavy (non-hydrogen) atoms. The Balaban J connectivity index is 1.88. The van der Waals surface area contributed by atoms with Crippen LogP contribution >= 0.6 is 11.6 Å². The zero-order valence-electron chi connectivity index (χ0n) is 13.3. The van der Waals surface area contributed by atoms with Crippen LogP contribution in [0, 0.1) is 0 Å². The summed E-state index contributed by atoms with van der Waals surface area (Å²) in [5, 5.41) is 0.688. The molecule has 0 spiro atoms. The number of carbonyl (C=O) groups excluding carboxylic acids is 1. The van der Waals surface area contributed by atoms with Gasteiger partial charge in [0.2, 0.25) is 16.9 Å². The Morgan fingerprint density at radius 2 is 1.85 bits per heavy atom. The van der Waals surface area contributed by atoms with Crippen molar-refractivity contribution in [2.24, 2.45) is 0 Å². The first-order valence-corrected chi connectivity index (χ1v) is 8.09. The van der Waals surface area contributed by atoms with Crippen molar-refractivity contribution in [2.45, 2.75) is 0 Å². The van der Waals surface area contributed by atoms with Crippen LogP contribution in [0.2, 0.25) is 5.02 Å². The smallest absolute Gasteiger partial charge is 0.343 e. The molecular formula is C20H11ClO5. The van der Waals surface area contributed by atoms with Gasteiger partial charge in [0.25, 0.3) is 0 Å². The topological polar surface area (TPSA) is 69.7 Å². The number of fused-ring (bicyclic) bond motifs is 1. The van der Waals surface area contributed by atoms with E-state index in [1.165, 1.54) is 12.3 Å². The highest BCUT2D eigenvalue weighted by atomic mass is 35.5. The standard InChI is InChI=1S/C20H11ClO5/c21-13-6-3-5-12(11-13)20(23)26-19-17(22)14-7-1-2-8-15(14)25-18(19)16-9-4-10-24-16/h1-11H. The number of para-hydroxylation sites is 1. The highest BCUT2D eigenvalue weighted by molar-refractivity contribution is 6.30. The number of rotatable bonds is 3. The molecule has 6 heteroatoms. The average Bonchev–Trinajstić information content (AvgIpc) is 3.18. The van der Waals surface area contributed by atoms with Gasteiger partial charge in [0.05, 0.1) is 17.2 Å². The molecule has 2 aromatic heterocycles. The Bertz CT molecular complexity index is 1160. The van der Waals surface area contributed by atoms with Crippen LogP contribution < -0.4 is 10.2 Å². The maximum Gasteiger partial charge on any atom is 0.343 e. The van der Waals surface area contributed by atoms with Gasteiger partial charge in [-0.25, -0.2) is 4.79 Å². The molecule has 0 atom stereocenters. The minimum absolute atomic E-state index is 0.0501. The predicted octanol–water partition coefficient (Wildman–Crippen LogP) is 4.93. The third-order valence-corrected chi connectivity index (χ3v) is 3.99. The predicted molar refractivity (Wildman–Crippen MR) is 96.6 cm³/mol. The summed E-state index contributed by atoms with van der Waals surface area (Å²) in [5.41, 5.74) is 0.121. The molecule has 4 aromatic rings. The molecule has 5 nitrogen and oxygen atoms in total. The molecule has 0 aliphatic carbocycles. The second-order valence-electron chi connectivity index (χ2n) is 5.46. The Kier molecular flexibility index (Phi) is 4.07. The maximum absolute atomic E-state index is 12.9. The first kappa shape index (κ1) is 16.2. The van der Waals surface area contributed by atoms with Crippen molar-refractivity contribution in [3.63, 3.8) is 0 Å². The van der Waals surface area contributed by atoms with E-state index < -0.39 is 11.4 Å². The Labute approximate surface area is 152 Å². The minimum atomic E-state index is -0.720. The van der Waals surface area contributed by atoms with Crippen LogP contribution in [0.5, 0.6) is 5.75 Å². The van der Waals surface area contributed by atoms with Crippen molar-refractivity contribution in [1.82, 2.24) is 0 Å². The zero-order valence-corrected chi connectivity index (χ0v) is 14.0. The van der Waals surface area contributed by atoms with E-state index in [4.69, 9.17) is 25.2 Å². The summed E-state index contributed by atoms with van der Waals surface area (Å²) in [6, 6.07) is 16.2. The zero-order chi connectivity index (χ0) is 18.1. The molecule has 4 rings (SSSR count). The quantitative estimate of drug-likeness (QED) is 0.481. The molecule has 0 radical (unpaired) electrons. The maximum atomic E-state index is 12.9. The van der Waals surface area contributed by atoms with E-state index >= 15 is 0 Å². The third kappa shape index (κ3) is 2.89. The number of ether oxygens (including phenoxy) is 1. The second-order valence-corrected chi connectivity index (χ2v) is 5.90. The molecule has 0 N–H and O–H groups in total. The van der Waals surface area contributed by atoms with E-state index in [0.29, 0.717) is 16.0 Å². The summed E-state index contributed by atoms with van der Waals surface area (Å²) in [5.74, 6) is -0.623. The van der Waals surface area contributed by atoms with E-state index in [1.54, 1.807) is 54.6 Å². The van der Waals surface area contributed by atoms with E-state index in [-0.39, 0.29) is 22.8 Å². The number of hydrogen-bond acceptors (Lipinski definition) is 5. The van der Waals surface area contributed by atoms with Gasteiger partial charge in [0, 0.05) is 5.02 Å². The lowest BCUT2D eigenvalue weighted by Gasteiger charge is -2.09. The molecule has 0 fully saturated rings. The van der Waals surface area contributed by atoms with E-state index in [0.717, 1.165) is 0 Å². The second kappa shape index (κ2) is 6.54. The van der Waals surface area contributed by atoms with Crippen LogP contribution in [-0.2, 0) is 0 Å². The molecular weight excluding hydrogens is 356 g/mol. The van der Waals surface area contributed by atoms with Crippen molar-refractivity contribution >= 4 is 28.5 Å². The number of carbonyl (C=O) groups is 1. The summed E-state index contributed by atoms with van der Waals surface area (Å²) in [4.78, 5) is 25.4. The number of hydrogen-bond donors (Lipinski definition) is 0. The van der Waals surface area contributed by atoms with E-state index in [9.17, 15) is 9.59 Å². The first-order valence-electron chi connectivity index (χ1n) is 7.71. The monoisotopic (exact) mass is 366 g/mol. The molecule has 0 amide bonds. The largest absolute Gasteiger partial charge is 0.461 e. The fourth-order valence-corrected chi connectivity index (χ4v) is 2.74. The van der Waals surface area contributed by atoms with Gasteiger partial charge in [-0.15, -0.1) is 0 Å². The highest BCUT2D eigenvalue weighted by Gasteiger charge is 2.22. The normalized spacial score (nSPS) is 10.8. The number of furan rings is 1. The van der Waals surface area contributed by atoms with Gasteiger partial charge in [-0.3, -0.25) is 4.79 Å². The van der Waals surface area contributed by atoms with Gasteiger partial charge in [0.1, 0.15) is 5.58 Å². The summed E-state index contributed by atoms with van der Waals surface area (Å²) >= 11 is 5.91. The molecule has 2 aromatic carbocycles. The van der Waals surface area contributed by atoms with E-state index in [1.807, 2.05) is 0 Å². The Morgan fingerprint density at radius 3 is 2.62 bits per heavy atom. The molecule has 0 aliphatic heterocycles. The SMILES string of the molecule is O=C(Oc1c(-c2ccco2)oc2ccccc2c1=O)c1cccc(Cl)c1. The fourth-order valence-electron chi connectivity index (χ4n) is 2.55. The highest BCUT2D eigenvalue weighted by Crippen LogP contribution is 2.31. The van der Waals surface area contributed by atoms with Gasteiger partial charge in [-0.1, -0.05) is 29.8 Å². The molecule has 0 saturated carbocycles. The minimum Gasteiger partial charge on any atom is -0.461 e. The molecule has 0 aliphatic rings. The molecule has 2 heterocycles. The van der Waals surface area contributed by atoms with Crippen LogP contribution in [0.4, 0.5) is 0 Å². The molecule has 0 saturated heterocycles. The summed E-state index contributed by atoms with van der Waals surface area (Å²) in [6.45, 7) is 0. The average molecular weight is 367 g/mol. The van der Waals surface area contributed by atoms with Crippen molar-refractivity contribution in [2.75, 3.05) is 0 Å². The summed E-state index contributed by atoms with van der Waals surface area (Å²) in [6.07, 6.45) is 1.44. The van der Waals surface area contributed by atoms with Crippen molar-refractivity contribution in [3.8, 4) is 17.3 Å². The van der Waals surface area contributed by atoms with Crippen molar-refractivity contribution in [1.29, 1.82) is 0 Å². The summed E-state index contributed by atoms with van der Waals surface area (Å²) < 4.78 is 16.5. The first-order chi connectivity index (χ1) is 12.6. The van der Waals surface area contributed by atoms with Crippen LogP contribution in [0.1, 0.15) is 10.4 Å². The van der Waals surface area contributed by atoms with Gasteiger partial charge in [-0.05, 0) is 42.5 Å². The lowest BCUT2D eigenvalue weighted by molar-refractivity contribution is 0.0731. The molecule has 0 unspecified atom stereocenters. The van der Waals surface area contributed by atoms with Crippen LogP contribution in [-0.4, -0.2) is 5.97 Å². The van der Waals surface area contributed by atoms with Crippen molar-refractivity contribution in [3.05, 3.63) is 87.7 Å². The van der Waals surface area contributed by atoms with Gasteiger partial charge in [0.15, 0.2) is 5.76 Å². The van der Waals surface area contributed by atoms with Crippen LogP contribution in [0.15, 0.2) is 80.6 Å². The van der Waals surface area contributed by atoms with Crippen LogP contribution in [0.3, 0.4) is 0 Å². The fraction of sp³-hybridized carbons (Fsp3) is 0. The number of halogens is 1. The lowest BCUT2D eigenvalue weighted by atomic mass is 10.2. The van der Waals surface area contributed by atoms with Crippen LogP contribution in [0.25, 0.3) is 22.5 Å². The lowest BCUT2D eigenvalue weighted by Crippen LogP contribution is -2.16. The number of esters is 1. The Hall–Kier alpha value is -3.31. The summed E-state index contributed by atoms with van der Waals surface area (Å²) in [7, 11) is 0.